The fourth-order valence-electron chi connectivity index (χ4n) is 3.61. The van der Waals surface area contributed by atoms with E-state index in [1.165, 1.54) is 10.8 Å². The Hall–Kier alpha value is -2.85. The van der Waals surface area contributed by atoms with Crippen LogP contribution in [0.15, 0.2) is 67.2 Å². The smallest absolute Gasteiger partial charge is 0.137 e. The number of likely N-dealkylation sites (N-methyl/N-ethyl adjacent to an activating group) is 1. The summed E-state index contributed by atoms with van der Waals surface area (Å²) in [5.74, 6) is 1.06. The molecule has 3 aromatic rings. The van der Waals surface area contributed by atoms with E-state index in [2.05, 4.69) is 59.0 Å². The van der Waals surface area contributed by atoms with Crippen LogP contribution < -0.4 is 10.2 Å². The summed E-state index contributed by atoms with van der Waals surface area (Å²) < 4.78 is 0. The number of para-hydroxylation sites is 1. The molecule has 1 aliphatic heterocycles. The lowest BCUT2D eigenvalue weighted by molar-refractivity contribution is 0.271. The number of piperazine rings is 1. The number of anilines is 2. The van der Waals surface area contributed by atoms with E-state index in [1.807, 2.05) is 30.3 Å². The summed E-state index contributed by atoms with van der Waals surface area (Å²) in [6.45, 7) is 11.8. The second-order valence-corrected chi connectivity index (χ2v) is 6.94. The molecule has 2 aromatic carbocycles. The maximum absolute atomic E-state index is 5.02. The zero-order valence-electron chi connectivity index (χ0n) is 15.9. The minimum absolute atomic E-state index is 0.820. The molecule has 0 amide bonds. The van der Waals surface area contributed by atoms with Gasteiger partial charge in [-0.3, -0.25) is 0 Å². The third kappa shape index (κ3) is 3.81. The number of hydrogen-bond acceptors (Lipinski definition) is 4. The van der Waals surface area contributed by atoms with Crippen LogP contribution in [-0.2, 0) is 0 Å². The number of fused-ring (bicyclic) bond motifs is 1. The number of nitrogens with one attached hydrogen (secondary N) is 1. The van der Waals surface area contributed by atoms with Gasteiger partial charge in [0.25, 0.3) is 0 Å². The molecule has 4 heteroatoms. The molecule has 4 rings (SSSR count). The highest BCUT2D eigenvalue weighted by atomic mass is 15.3. The van der Waals surface area contributed by atoms with Crippen molar-refractivity contribution in [2.24, 2.45) is 0 Å². The summed E-state index contributed by atoms with van der Waals surface area (Å²) in [5, 5.41) is 5.79. The first-order valence-corrected chi connectivity index (χ1v) is 9.63. The van der Waals surface area contributed by atoms with Crippen LogP contribution in [0.4, 0.5) is 11.5 Å². The molecule has 1 aromatic heterocycles. The minimum Gasteiger partial charge on any atom is -0.354 e. The summed E-state index contributed by atoms with van der Waals surface area (Å²) in [6.07, 6.45) is 0. The van der Waals surface area contributed by atoms with Crippen molar-refractivity contribution >= 4 is 28.0 Å². The topological polar surface area (TPSA) is 31.4 Å². The average molecular weight is 358 g/mol. The molecule has 0 bridgehead atoms. The van der Waals surface area contributed by atoms with E-state index in [9.17, 15) is 0 Å². The second-order valence-electron chi connectivity index (χ2n) is 6.94. The van der Waals surface area contributed by atoms with E-state index in [1.54, 1.807) is 0 Å². The number of rotatable bonds is 5. The third-order valence-electron chi connectivity index (χ3n) is 5.22. The van der Waals surface area contributed by atoms with E-state index in [4.69, 9.17) is 4.98 Å². The molecular weight excluding hydrogens is 332 g/mol. The van der Waals surface area contributed by atoms with Gasteiger partial charge in [-0.25, -0.2) is 4.98 Å². The SMILES string of the molecule is C=C(Nc1ccccc1)c1cc2ccccc2c(N2CCN(CC)CC2)n1. The summed E-state index contributed by atoms with van der Waals surface area (Å²) in [5.41, 5.74) is 2.74. The summed E-state index contributed by atoms with van der Waals surface area (Å²) >= 11 is 0. The van der Waals surface area contributed by atoms with Crippen LogP contribution in [0.2, 0.25) is 0 Å². The Morgan fingerprint density at radius 1 is 1.00 bits per heavy atom. The van der Waals surface area contributed by atoms with Crippen molar-refractivity contribution in [3.63, 3.8) is 0 Å². The molecule has 1 fully saturated rings. The highest BCUT2D eigenvalue weighted by molar-refractivity contribution is 5.94. The van der Waals surface area contributed by atoms with Gasteiger partial charge < -0.3 is 15.1 Å². The van der Waals surface area contributed by atoms with Crippen LogP contribution in [0.25, 0.3) is 16.5 Å². The normalized spacial score (nSPS) is 15.1. The fraction of sp³-hybridized carbons (Fsp3) is 0.261. The van der Waals surface area contributed by atoms with Crippen LogP contribution in [0, 0.1) is 0 Å². The first-order chi connectivity index (χ1) is 13.2. The van der Waals surface area contributed by atoms with Crippen LogP contribution in [0.1, 0.15) is 12.6 Å². The Kier molecular flexibility index (Phi) is 5.07. The molecule has 0 unspecified atom stereocenters. The number of hydrogen-bond donors (Lipinski definition) is 1. The number of pyridine rings is 1. The van der Waals surface area contributed by atoms with Crippen LogP contribution in [0.5, 0.6) is 0 Å². The Morgan fingerprint density at radius 2 is 1.70 bits per heavy atom. The Morgan fingerprint density at radius 3 is 2.44 bits per heavy atom. The van der Waals surface area contributed by atoms with Crippen molar-refractivity contribution in [3.05, 3.63) is 72.9 Å². The molecule has 27 heavy (non-hydrogen) atoms. The largest absolute Gasteiger partial charge is 0.354 e. The second kappa shape index (κ2) is 7.80. The van der Waals surface area contributed by atoms with Crippen LogP contribution >= 0.6 is 0 Å². The van der Waals surface area contributed by atoms with Gasteiger partial charge in [0.2, 0.25) is 0 Å². The molecule has 2 heterocycles. The van der Waals surface area contributed by atoms with Crippen LogP contribution in [-0.4, -0.2) is 42.6 Å². The lowest BCUT2D eigenvalue weighted by atomic mass is 10.1. The van der Waals surface area contributed by atoms with E-state index >= 15 is 0 Å². The lowest BCUT2D eigenvalue weighted by Crippen LogP contribution is -2.46. The maximum atomic E-state index is 5.02. The zero-order chi connectivity index (χ0) is 18.6. The lowest BCUT2D eigenvalue weighted by Gasteiger charge is -2.35. The van der Waals surface area contributed by atoms with E-state index in [0.29, 0.717) is 0 Å². The van der Waals surface area contributed by atoms with Crippen molar-refractivity contribution in [1.82, 2.24) is 9.88 Å². The summed E-state index contributed by atoms with van der Waals surface area (Å²) in [6, 6.07) is 20.7. The monoisotopic (exact) mass is 358 g/mol. The Bertz CT molecular complexity index is 928. The molecule has 138 valence electrons. The summed E-state index contributed by atoms with van der Waals surface area (Å²) in [4.78, 5) is 9.91. The van der Waals surface area contributed by atoms with Gasteiger partial charge in [-0.1, -0.05) is 56.0 Å². The molecule has 1 aliphatic rings. The van der Waals surface area contributed by atoms with Gasteiger partial charge in [-0.15, -0.1) is 0 Å². The predicted molar refractivity (Wildman–Crippen MR) is 115 cm³/mol. The van der Waals surface area contributed by atoms with Crippen molar-refractivity contribution in [2.75, 3.05) is 42.9 Å². The van der Waals surface area contributed by atoms with Crippen LogP contribution in [0.3, 0.4) is 0 Å². The quantitative estimate of drug-likeness (QED) is 0.730. The molecular formula is C23H26N4. The number of benzene rings is 2. The van der Waals surface area contributed by atoms with Crippen molar-refractivity contribution in [3.8, 4) is 0 Å². The third-order valence-corrected chi connectivity index (χ3v) is 5.22. The van der Waals surface area contributed by atoms with Crippen molar-refractivity contribution < 1.29 is 0 Å². The molecule has 0 spiro atoms. The van der Waals surface area contributed by atoms with Gasteiger partial charge in [0, 0.05) is 37.3 Å². The van der Waals surface area contributed by atoms with E-state index in [0.717, 1.165) is 55.6 Å². The van der Waals surface area contributed by atoms with Crippen molar-refractivity contribution in [2.45, 2.75) is 6.92 Å². The first kappa shape index (κ1) is 17.6. The zero-order valence-corrected chi connectivity index (χ0v) is 15.9. The molecule has 0 radical (unpaired) electrons. The molecule has 0 saturated carbocycles. The standard InChI is InChI=1S/C23H26N4/c1-3-26-13-15-27(16-14-26)23-21-12-8-7-9-19(21)17-22(25-23)18(2)24-20-10-5-4-6-11-20/h4-12,17,24H,2-3,13-16H2,1H3. The minimum atomic E-state index is 0.820. The molecule has 4 nitrogen and oxygen atoms in total. The van der Waals surface area contributed by atoms with Gasteiger partial charge >= 0.3 is 0 Å². The van der Waals surface area contributed by atoms with Gasteiger partial charge in [0.1, 0.15) is 5.82 Å². The molecule has 0 aliphatic carbocycles. The van der Waals surface area contributed by atoms with Gasteiger partial charge in [-0.2, -0.15) is 0 Å². The fourth-order valence-corrected chi connectivity index (χ4v) is 3.61. The van der Waals surface area contributed by atoms with E-state index in [-0.39, 0.29) is 0 Å². The highest BCUT2D eigenvalue weighted by Gasteiger charge is 2.20. The van der Waals surface area contributed by atoms with Gasteiger partial charge in [-0.05, 0) is 30.1 Å². The average Bonchev–Trinajstić information content (AvgIpc) is 2.73. The highest BCUT2D eigenvalue weighted by Crippen LogP contribution is 2.29. The molecule has 1 saturated heterocycles. The predicted octanol–water partition coefficient (Wildman–Crippen LogP) is 4.46. The van der Waals surface area contributed by atoms with Gasteiger partial charge in [0.15, 0.2) is 0 Å². The molecule has 0 atom stereocenters. The van der Waals surface area contributed by atoms with E-state index < -0.39 is 0 Å². The Balaban J connectivity index is 1.67. The Labute approximate surface area is 161 Å². The maximum Gasteiger partial charge on any atom is 0.137 e. The number of aromatic nitrogens is 1. The summed E-state index contributed by atoms with van der Waals surface area (Å²) in [7, 11) is 0. The van der Waals surface area contributed by atoms with Gasteiger partial charge in [0.05, 0.1) is 11.4 Å². The first-order valence-electron chi connectivity index (χ1n) is 9.63. The number of nitrogens with zero attached hydrogens (tertiary/aromatic N) is 3. The van der Waals surface area contributed by atoms with Crippen molar-refractivity contribution in [1.29, 1.82) is 0 Å². The molecule has 1 N–H and O–H groups in total.